The van der Waals surface area contributed by atoms with Crippen molar-refractivity contribution in [1.82, 2.24) is 9.97 Å². The van der Waals surface area contributed by atoms with Crippen molar-refractivity contribution in [3.8, 4) is 0 Å². The minimum absolute atomic E-state index is 0.0319. The van der Waals surface area contributed by atoms with E-state index in [-0.39, 0.29) is 11.1 Å². The van der Waals surface area contributed by atoms with Gasteiger partial charge in [0.25, 0.3) is 10.0 Å². The van der Waals surface area contributed by atoms with Gasteiger partial charge >= 0.3 is 0 Å². The molecule has 1 atom stereocenters. The number of para-hydroxylation sites is 1. The average Bonchev–Trinajstić information content (AvgIpc) is 2.76. The van der Waals surface area contributed by atoms with Gasteiger partial charge in [-0.05, 0) is 25.5 Å². The van der Waals surface area contributed by atoms with Gasteiger partial charge in [0, 0.05) is 6.04 Å². The molecule has 0 amide bonds. The van der Waals surface area contributed by atoms with Crippen molar-refractivity contribution < 1.29 is 8.42 Å². The summed E-state index contributed by atoms with van der Waals surface area (Å²) in [6, 6.07) is 6.78. The molecule has 102 valence electrons. The van der Waals surface area contributed by atoms with E-state index in [2.05, 4.69) is 14.7 Å². The molecule has 0 aliphatic carbocycles. The van der Waals surface area contributed by atoms with E-state index in [0.29, 0.717) is 11.5 Å². The topological polar surface area (TPSA) is 101 Å². The van der Waals surface area contributed by atoms with E-state index in [1.807, 2.05) is 6.07 Å². The third kappa shape index (κ3) is 2.94. The second-order valence-electron chi connectivity index (χ2n) is 4.31. The average molecular weight is 280 g/mol. The van der Waals surface area contributed by atoms with E-state index in [0.717, 1.165) is 5.56 Å². The highest BCUT2D eigenvalue weighted by molar-refractivity contribution is 7.92. The lowest BCUT2D eigenvalue weighted by Gasteiger charge is -2.13. The third-order valence-electron chi connectivity index (χ3n) is 2.66. The highest BCUT2D eigenvalue weighted by Gasteiger charge is 2.18. The molecule has 1 heterocycles. The number of nitrogens with one attached hydrogen (secondary N) is 2. The van der Waals surface area contributed by atoms with Crippen molar-refractivity contribution in [1.29, 1.82) is 0 Å². The number of nitrogens with two attached hydrogens (primary N) is 1. The van der Waals surface area contributed by atoms with Crippen LogP contribution in [-0.4, -0.2) is 18.4 Å². The predicted molar refractivity (Wildman–Crippen MR) is 73.2 cm³/mol. The molecular weight excluding hydrogens is 264 g/mol. The first-order valence-corrected chi connectivity index (χ1v) is 7.27. The molecule has 2 aromatic rings. The summed E-state index contributed by atoms with van der Waals surface area (Å²) in [6.07, 6.45) is 1.28. The van der Waals surface area contributed by atoms with Gasteiger partial charge in [-0.1, -0.05) is 18.2 Å². The molecule has 0 saturated heterocycles. The number of hydrogen-bond donors (Lipinski definition) is 3. The van der Waals surface area contributed by atoms with Crippen LogP contribution in [0.15, 0.2) is 35.5 Å². The number of aryl methyl sites for hydroxylation is 1. The minimum Gasteiger partial charge on any atom is -0.332 e. The number of sulfonamides is 1. The second kappa shape index (κ2) is 5.02. The zero-order valence-corrected chi connectivity index (χ0v) is 11.5. The van der Waals surface area contributed by atoms with Crippen LogP contribution in [0.4, 0.5) is 5.69 Å². The van der Waals surface area contributed by atoms with Crippen LogP contribution >= 0.6 is 0 Å². The Labute approximate surface area is 112 Å². The summed E-state index contributed by atoms with van der Waals surface area (Å²) < 4.78 is 26.9. The maximum atomic E-state index is 12.2. The predicted octanol–water partition coefficient (Wildman–Crippen LogP) is 1.54. The SMILES string of the molecule is Cc1ncc(S(=O)(=O)Nc2ccccc2C(C)N)[nH]1. The molecule has 0 aliphatic rings. The number of nitrogens with zero attached hydrogens (tertiary/aromatic N) is 1. The summed E-state index contributed by atoms with van der Waals surface area (Å²) >= 11 is 0. The number of rotatable bonds is 4. The molecule has 0 fully saturated rings. The highest BCUT2D eigenvalue weighted by Crippen LogP contribution is 2.23. The summed E-state index contributed by atoms with van der Waals surface area (Å²) in [4.78, 5) is 6.58. The first-order chi connectivity index (χ1) is 8.90. The standard InChI is InChI=1S/C12H16N4O2S/c1-8(13)10-5-3-4-6-11(10)16-19(17,18)12-7-14-9(2)15-12/h3-8,16H,13H2,1-2H3,(H,14,15). The van der Waals surface area contributed by atoms with E-state index >= 15 is 0 Å². The van der Waals surface area contributed by atoms with Gasteiger partial charge in [-0.3, -0.25) is 4.72 Å². The van der Waals surface area contributed by atoms with Crippen LogP contribution in [0.2, 0.25) is 0 Å². The van der Waals surface area contributed by atoms with Gasteiger partial charge in [0.1, 0.15) is 5.82 Å². The summed E-state index contributed by atoms with van der Waals surface area (Å²) in [5.41, 5.74) is 7.04. The van der Waals surface area contributed by atoms with E-state index in [9.17, 15) is 8.42 Å². The summed E-state index contributed by atoms with van der Waals surface area (Å²) in [6.45, 7) is 3.49. The Kier molecular flexibility index (Phi) is 3.59. The van der Waals surface area contributed by atoms with Crippen molar-refractivity contribution in [3.63, 3.8) is 0 Å². The smallest absolute Gasteiger partial charge is 0.278 e. The largest absolute Gasteiger partial charge is 0.332 e. The lowest BCUT2D eigenvalue weighted by Crippen LogP contribution is -2.16. The molecule has 1 aromatic carbocycles. The molecule has 0 aliphatic heterocycles. The Morgan fingerprint density at radius 2 is 2.05 bits per heavy atom. The first kappa shape index (κ1) is 13.6. The number of H-pyrrole nitrogens is 1. The molecule has 2 rings (SSSR count). The lowest BCUT2D eigenvalue weighted by molar-refractivity contribution is 0.598. The summed E-state index contributed by atoms with van der Waals surface area (Å²) in [7, 11) is -3.67. The molecule has 1 aromatic heterocycles. The Bertz CT molecular complexity index is 677. The van der Waals surface area contributed by atoms with Gasteiger partial charge in [-0.25, -0.2) is 4.98 Å². The molecule has 19 heavy (non-hydrogen) atoms. The van der Waals surface area contributed by atoms with Crippen molar-refractivity contribution in [2.75, 3.05) is 4.72 Å². The van der Waals surface area contributed by atoms with Crippen LogP contribution in [0.3, 0.4) is 0 Å². The molecule has 6 nitrogen and oxygen atoms in total. The van der Waals surface area contributed by atoms with Crippen molar-refractivity contribution in [2.45, 2.75) is 24.9 Å². The minimum atomic E-state index is -3.67. The fourth-order valence-electron chi connectivity index (χ4n) is 1.72. The number of hydrogen-bond acceptors (Lipinski definition) is 4. The number of anilines is 1. The van der Waals surface area contributed by atoms with Gasteiger partial charge in [-0.2, -0.15) is 8.42 Å². The molecule has 7 heteroatoms. The lowest BCUT2D eigenvalue weighted by atomic mass is 10.1. The number of benzene rings is 1. The van der Waals surface area contributed by atoms with Crippen LogP contribution in [0.1, 0.15) is 24.4 Å². The Morgan fingerprint density at radius 1 is 1.37 bits per heavy atom. The van der Waals surface area contributed by atoms with E-state index in [4.69, 9.17) is 5.73 Å². The summed E-state index contributed by atoms with van der Waals surface area (Å²) in [5.74, 6) is 0.542. The van der Waals surface area contributed by atoms with Crippen molar-refractivity contribution in [2.24, 2.45) is 5.73 Å². The maximum Gasteiger partial charge on any atom is 0.278 e. The van der Waals surface area contributed by atoms with Crippen LogP contribution in [0.25, 0.3) is 0 Å². The van der Waals surface area contributed by atoms with Gasteiger partial charge < -0.3 is 10.7 Å². The summed E-state index contributed by atoms with van der Waals surface area (Å²) in [5, 5.41) is 0.0319. The Hall–Kier alpha value is -1.86. The van der Waals surface area contributed by atoms with E-state index < -0.39 is 10.0 Å². The Morgan fingerprint density at radius 3 is 2.63 bits per heavy atom. The Balaban J connectivity index is 2.36. The number of imidazole rings is 1. The molecule has 0 radical (unpaired) electrons. The fourth-order valence-corrected chi connectivity index (χ4v) is 2.78. The third-order valence-corrected chi connectivity index (χ3v) is 3.94. The second-order valence-corrected chi connectivity index (χ2v) is 5.97. The molecule has 0 saturated carbocycles. The molecule has 0 spiro atoms. The van der Waals surface area contributed by atoms with Gasteiger partial charge in [0.15, 0.2) is 5.03 Å². The van der Waals surface area contributed by atoms with Crippen LogP contribution in [0.5, 0.6) is 0 Å². The quantitative estimate of drug-likeness (QED) is 0.790. The van der Waals surface area contributed by atoms with Gasteiger partial charge in [-0.15, -0.1) is 0 Å². The monoisotopic (exact) mass is 280 g/mol. The van der Waals surface area contributed by atoms with Gasteiger partial charge in [0.05, 0.1) is 11.9 Å². The van der Waals surface area contributed by atoms with Crippen molar-refractivity contribution in [3.05, 3.63) is 41.9 Å². The zero-order chi connectivity index (χ0) is 14.0. The zero-order valence-electron chi connectivity index (χ0n) is 10.7. The maximum absolute atomic E-state index is 12.2. The van der Waals surface area contributed by atoms with E-state index in [1.54, 1.807) is 32.0 Å². The van der Waals surface area contributed by atoms with Crippen LogP contribution < -0.4 is 10.5 Å². The van der Waals surface area contributed by atoms with Crippen molar-refractivity contribution >= 4 is 15.7 Å². The first-order valence-electron chi connectivity index (χ1n) is 5.79. The van der Waals surface area contributed by atoms with Gasteiger partial charge in [0.2, 0.25) is 0 Å². The van der Waals surface area contributed by atoms with E-state index in [1.165, 1.54) is 6.20 Å². The normalized spacial score (nSPS) is 13.2. The fraction of sp³-hybridized carbons (Fsp3) is 0.250. The number of aromatic amines is 1. The molecular formula is C12H16N4O2S. The molecule has 4 N–H and O–H groups in total. The molecule has 1 unspecified atom stereocenters. The van der Waals surface area contributed by atoms with Crippen LogP contribution in [-0.2, 0) is 10.0 Å². The molecule has 0 bridgehead atoms. The highest BCUT2D eigenvalue weighted by atomic mass is 32.2. The van der Waals surface area contributed by atoms with Crippen LogP contribution in [0, 0.1) is 6.92 Å². The number of aromatic nitrogens is 2.